The molecule has 0 heterocycles. The van der Waals surface area contributed by atoms with Gasteiger partial charge in [-0.05, 0) is 54.4 Å². The highest BCUT2D eigenvalue weighted by atomic mass is 16.5. The van der Waals surface area contributed by atoms with Crippen molar-refractivity contribution in [2.45, 2.75) is 26.4 Å². The van der Waals surface area contributed by atoms with Crippen LogP contribution >= 0.6 is 0 Å². The van der Waals surface area contributed by atoms with Gasteiger partial charge in [-0.3, -0.25) is 14.4 Å². The molecule has 3 rings (SSSR count). The second-order valence-corrected chi connectivity index (χ2v) is 6.61. The van der Waals surface area contributed by atoms with Crippen molar-refractivity contribution < 1.29 is 19.1 Å². The number of hydrogen-bond acceptors (Lipinski definition) is 4. The Hall–Kier alpha value is -3.47. The molecular weight excluding hydrogens is 354 g/mol. The largest absolute Gasteiger partial charge is 0.452 e. The maximum absolute atomic E-state index is 12.2. The van der Waals surface area contributed by atoms with Crippen LogP contribution in [0.3, 0.4) is 0 Å². The van der Waals surface area contributed by atoms with Crippen molar-refractivity contribution in [3.8, 4) is 0 Å². The lowest BCUT2D eigenvalue weighted by Crippen LogP contribution is -2.30. The van der Waals surface area contributed by atoms with Crippen LogP contribution in [-0.4, -0.2) is 23.8 Å². The summed E-state index contributed by atoms with van der Waals surface area (Å²) in [4.78, 5) is 35.7. The molecule has 0 unspecified atom stereocenters. The van der Waals surface area contributed by atoms with Crippen LogP contribution in [0.25, 0.3) is 10.8 Å². The first-order chi connectivity index (χ1) is 13.4. The first-order valence-electron chi connectivity index (χ1n) is 9.01. The van der Waals surface area contributed by atoms with Crippen molar-refractivity contribution in [2.75, 3.05) is 5.32 Å². The van der Waals surface area contributed by atoms with Crippen LogP contribution in [0.2, 0.25) is 0 Å². The smallest absolute Gasteiger partial charge is 0.311 e. The Kier molecular flexibility index (Phi) is 5.84. The van der Waals surface area contributed by atoms with Gasteiger partial charge in [0.1, 0.15) is 0 Å². The van der Waals surface area contributed by atoms with Gasteiger partial charge in [0.05, 0.1) is 6.42 Å². The van der Waals surface area contributed by atoms with E-state index in [4.69, 9.17) is 4.74 Å². The topological polar surface area (TPSA) is 72.5 Å². The van der Waals surface area contributed by atoms with E-state index in [-0.39, 0.29) is 12.2 Å². The predicted octanol–water partition coefficient (Wildman–Crippen LogP) is 4.16. The van der Waals surface area contributed by atoms with Crippen molar-refractivity contribution in [1.82, 2.24) is 0 Å². The molecule has 0 bridgehead atoms. The summed E-state index contributed by atoms with van der Waals surface area (Å²) in [5.41, 5.74) is 1.93. The molecule has 3 aromatic carbocycles. The lowest BCUT2D eigenvalue weighted by molar-refractivity contribution is -0.152. The fourth-order valence-electron chi connectivity index (χ4n) is 2.84. The summed E-state index contributed by atoms with van der Waals surface area (Å²) in [6, 6.07) is 20.2. The highest BCUT2D eigenvalue weighted by Crippen LogP contribution is 2.16. The molecule has 1 N–H and O–H groups in total. The van der Waals surface area contributed by atoms with Crippen LogP contribution in [-0.2, 0) is 20.7 Å². The van der Waals surface area contributed by atoms with E-state index >= 15 is 0 Å². The first kappa shape index (κ1) is 19.3. The van der Waals surface area contributed by atoms with E-state index in [0.29, 0.717) is 11.3 Å². The van der Waals surface area contributed by atoms with Gasteiger partial charge in [-0.2, -0.15) is 0 Å². The highest BCUT2D eigenvalue weighted by molar-refractivity contribution is 5.97. The third-order valence-corrected chi connectivity index (χ3v) is 4.40. The monoisotopic (exact) mass is 375 g/mol. The summed E-state index contributed by atoms with van der Waals surface area (Å²) in [7, 11) is 0. The highest BCUT2D eigenvalue weighted by Gasteiger charge is 2.18. The molecule has 5 heteroatoms. The standard InChI is InChI=1S/C23H21NO4/c1-15(25)18-9-11-21(12-10-18)24-23(27)16(2)28-22(26)14-17-7-8-19-5-3-4-6-20(19)13-17/h3-13,16H,14H2,1-2H3,(H,24,27)/t16-/m1/s1. The maximum Gasteiger partial charge on any atom is 0.311 e. The number of benzene rings is 3. The van der Waals surface area contributed by atoms with Gasteiger partial charge in [0.15, 0.2) is 11.9 Å². The second-order valence-electron chi connectivity index (χ2n) is 6.61. The minimum absolute atomic E-state index is 0.0473. The Morgan fingerprint density at radius 2 is 1.61 bits per heavy atom. The van der Waals surface area contributed by atoms with Crippen molar-refractivity contribution in [1.29, 1.82) is 0 Å². The molecule has 0 spiro atoms. The fraction of sp³-hybridized carbons (Fsp3) is 0.174. The normalized spacial score (nSPS) is 11.6. The molecule has 0 aromatic heterocycles. The van der Waals surface area contributed by atoms with Crippen LogP contribution < -0.4 is 5.32 Å². The Balaban J connectivity index is 1.56. The predicted molar refractivity (Wildman–Crippen MR) is 108 cm³/mol. The van der Waals surface area contributed by atoms with E-state index < -0.39 is 18.0 Å². The summed E-state index contributed by atoms with van der Waals surface area (Å²) >= 11 is 0. The van der Waals surface area contributed by atoms with Gasteiger partial charge < -0.3 is 10.1 Å². The second kappa shape index (κ2) is 8.48. The van der Waals surface area contributed by atoms with Gasteiger partial charge in [0.2, 0.25) is 0 Å². The SMILES string of the molecule is CC(=O)c1ccc(NC(=O)[C@@H](C)OC(=O)Cc2ccc3ccccc3c2)cc1. The maximum atomic E-state index is 12.2. The van der Waals surface area contributed by atoms with Gasteiger partial charge in [0, 0.05) is 11.3 Å². The lowest BCUT2D eigenvalue weighted by Gasteiger charge is -2.14. The molecule has 0 aliphatic rings. The molecule has 0 saturated heterocycles. The summed E-state index contributed by atoms with van der Waals surface area (Å²) in [5, 5.41) is 4.82. The third-order valence-electron chi connectivity index (χ3n) is 4.40. The first-order valence-corrected chi connectivity index (χ1v) is 9.01. The number of anilines is 1. The Morgan fingerprint density at radius 1 is 0.929 bits per heavy atom. The number of carbonyl (C=O) groups excluding carboxylic acids is 3. The summed E-state index contributed by atoms with van der Waals surface area (Å²) in [5.74, 6) is -0.943. The van der Waals surface area contributed by atoms with E-state index in [9.17, 15) is 14.4 Å². The fourth-order valence-corrected chi connectivity index (χ4v) is 2.84. The number of nitrogens with one attached hydrogen (secondary N) is 1. The number of hydrogen-bond donors (Lipinski definition) is 1. The molecule has 28 heavy (non-hydrogen) atoms. The average molecular weight is 375 g/mol. The zero-order valence-corrected chi connectivity index (χ0v) is 15.8. The molecule has 1 atom stereocenters. The van der Waals surface area contributed by atoms with E-state index in [1.807, 2.05) is 42.5 Å². The van der Waals surface area contributed by atoms with Gasteiger partial charge in [0.25, 0.3) is 5.91 Å². The van der Waals surface area contributed by atoms with Crippen LogP contribution in [0, 0.1) is 0 Å². The quantitative estimate of drug-likeness (QED) is 0.519. The number of ketones is 1. The van der Waals surface area contributed by atoms with E-state index in [0.717, 1.165) is 16.3 Å². The van der Waals surface area contributed by atoms with E-state index in [1.165, 1.54) is 13.8 Å². The number of ether oxygens (including phenoxy) is 1. The van der Waals surface area contributed by atoms with Gasteiger partial charge in [-0.1, -0.05) is 42.5 Å². The molecule has 0 fully saturated rings. The molecule has 1 amide bonds. The molecule has 142 valence electrons. The van der Waals surface area contributed by atoms with Crippen LogP contribution in [0.4, 0.5) is 5.69 Å². The third kappa shape index (κ3) is 4.82. The van der Waals surface area contributed by atoms with Crippen LogP contribution in [0.1, 0.15) is 29.8 Å². The van der Waals surface area contributed by atoms with Crippen LogP contribution in [0.15, 0.2) is 66.7 Å². The molecular formula is C23H21NO4. The lowest BCUT2D eigenvalue weighted by atomic mass is 10.1. The number of carbonyl (C=O) groups is 3. The molecule has 0 saturated carbocycles. The Labute approximate surface area is 163 Å². The minimum Gasteiger partial charge on any atom is -0.452 e. The molecule has 0 aliphatic carbocycles. The zero-order valence-electron chi connectivity index (χ0n) is 15.8. The average Bonchev–Trinajstić information content (AvgIpc) is 2.68. The number of rotatable bonds is 6. The number of amides is 1. The summed E-state index contributed by atoms with van der Waals surface area (Å²) < 4.78 is 5.26. The van der Waals surface area contributed by atoms with Crippen molar-refractivity contribution in [2.24, 2.45) is 0 Å². The molecule has 0 radical (unpaired) electrons. The van der Waals surface area contributed by atoms with E-state index in [1.54, 1.807) is 24.3 Å². The number of Topliss-reactive ketones (excluding diaryl/α,β-unsaturated/α-hetero) is 1. The minimum atomic E-state index is -0.930. The van der Waals surface area contributed by atoms with Gasteiger partial charge >= 0.3 is 5.97 Å². The van der Waals surface area contributed by atoms with Crippen LogP contribution in [0.5, 0.6) is 0 Å². The molecule has 0 aliphatic heterocycles. The van der Waals surface area contributed by atoms with Crippen molar-refractivity contribution in [3.63, 3.8) is 0 Å². The summed E-state index contributed by atoms with van der Waals surface area (Å²) in [6.45, 7) is 3.00. The number of fused-ring (bicyclic) bond motifs is 1. The van der Waals surface area contributed by atoms with E-state index in [2.05, 4.69) is 5.32 Å². The molecule has 3 aromatic rings. The Bertz CT molecular complexity index is 1020. The summed E-state index contributed by atoms with van der Waals surface area (Å²) in [6.07, 6.45) is -0.837. The van der Waals surface area contributed by atoms with Gasteiger partial charge in [-0.15, -0.1) is 0 Å². The van der Waals surface area contributed by atoms with Gasteiger partial charge in [-0.25, -0.2) is 0 Å². The number of esters is 1. The molecule has 5 nitrogen and oxygen atoms in total. The zero-order chi connectivity index (χ0) is 20.1. The Morgan fingerprint density at radius 3 is 2.29 bits per heavy atom. The van der Waals surface area contributed by atoms with Crippen molar-refractivity contribution >= 4 is 34.1 Å². The van der Waals surface area contributed by atoms with Crippen molar-refractivity contribution in [3.05, 3.63) is 77.9 Å².